The molecule has 0 bridgehead atoms. The summed E-state index contributed by atoms with van der Waals surface area (Å²) in [5.74, 6) is 0.249. The predicted octanol–water partition coefficient (Wildman–Crippen LogP) is 4.70. The van der Waals surface area contributed by atoms with E-state index in [2.05, 4.69) is 54.8 Å². The van der Waals surface area contributed by atoms with Crippen LogP contribution in [0.2, 0.25) is 5.02 Å². The number of hydrogen-bond acceptors (Lipinski definition) is 2. The molecule has 0 radical (unpaired) electrons. The lowest BCUT2D eigenvalue weighted by atomic mass is 10.0. The van der Waals surface area contributed by atoms with Crippen LogP contribution in [0.4, 0.5) is 0 Å². The Morgan fingerprint density at radius 3 is 2.26 bits per heavy atom. The Morgan fingerprint density at radius 1 is 0.963 bits per heavy atom. The predicted molar refractivity (Wildman–Crippen MR) is 112 cm³/mol. The maximum absolute atomic E-state index is 12.8. The van der Waals surface area contributed by atoms with E-state index in [1.807, 2.05) is 24.3 Å². The normalized spacial score (nSPS) is 20.7. The summed E-state index contributed by atoms with van der Waals surface area (Å²) in [5.41, 5.74) is 3.78. The van der Waals surface area contributed by atoms with Gasteiger partial charge in [-0.05, 0) is 50.5 Å². The van der Waals surface area contributed by atoms with Crippen LogP contribution in [-0.4, -0.2) is 40.9 Å². The molecule has 3 rings (SSSR count). The van der Waals surface area contributed by atoms with E-state index in [-0.39, 0.29) is 11.9 Å². The summed E-state index contributed by atoms with van der Waals surface area (Å²) >= 11 is 5.93. The molecule has 1 amide bonds. The molecule has 1 saturated heterocycles. The zero-order valence-electron chi connectivity index (χ0n) is 16.5. The molecular weight excluding hydrogens is 356 g/mol. The number of nitrogens with zero attached hydrogens (tertiary/aromatic N) is 2. The highest BCUT2D eigenvalue weighted by atomic mass is 35.5. The minimum absolute atomic E-state index is 0.240. The lowest BCUT2D eigenvalue weighted by Gasteiger charge is -2.44. The maximum atomic E-state index is 12.8. The van der Waals surface area contributed by atoms with E-state index >= 15 is 0 Å². The number of halogens is 1. The number of aryl methyl sites for hydroxylation is 2. The third kappa shape index (κ3) is 5.33. The van der Waals surface area contributed by atoms with Crippen molar-refractivity contribution in [3.8, 4) is 0 Å². The first-order valence-corrected chi connectivity index (χ1v) is 10.1. The molecule has 1 aliphatic heterocycles. The van der Waals surface area contributed by atoms with Gasteiger partial charge in [0.2, 0.25) is 5.91 Å². The summed E-state index contributed by atoms with van der Waals surface area (Å²) in [4.78, 5) is 17.3. The Bertz CT molecular complexity index is 757. The third-order valence-corrected chi connectivity index (χ3v) is 5.73. The molecule has 0 aromatic heterocycles. The van der Waals surface area contributed by atoms with Crippen LogP contribution < -0.4 is 0 Å². The highest BCUT2D eigenvalue weighted by Gasteiger charge is 2.31. The van der Waals surface area contributed by atoms with Crippen LogP contribution >= 0.6 is 11.6 Å². The van der Waals surface area contributed by atoms with Gasteiger partial charge in [-0.25, -0.2) is 0 Å². The van der Waals surface area contributed by atoms with Crippen LogP contribution in [0.5, 0.6) is 0 Å². The summed E-state index contributed by atoms with van der Waals surface area (Å²) in [6.07, 6.45) is 1.32. The Kier molecular flexibility index (Phi) is 6.56. The summed E-state index contributed by atoms with van der Waals surface area (Å²) in [6.45, 7) is 9.16. The van der Waals surface area contributed by atoms with E-state index in [1.165, 1.54) is 11.1 Å². The molecule has 0 aliphatic carbocycles. The van der Waals surface area contributed by atoms with Crippen molar-refractivity contribution < 1.29 is 4.79 Å². The van der Waals surface area contributed by atoms with E-state index < -0.39 is 0 Å². The fourth-order valence-corrected chi connectivity index (χ4v) is 3.87. The molecular formula is C23H29ClN2O. The van der Waals surface area contributed by atoms with Gasteiger partial charge in [0.05, 0.1) is 0 Å². The van der Waals surface area contributed by atoms with Gasteiger partial charge in [0.15, 0.2) is 0 Å². The van der Waals surface area contributed by atoms with Crippen LogP contribution in [0, 0.1) is 6.92 Å². The molecule has 27 heavy (non-hydrogen) atoms. The van der Waals surface area contributed by atoms with Crippen molar-refractivity contribution in [1.82, 2.24) is 9.80 Å². The summed E-state index contributed by atoms with van der Waals surface area (Å²) in [5, 5.41) is 0.734. The van der Waals surface area contributed by atoms with Gasteiger partial charge < -0.3 is 4.90 Å². The van der Waals surface area contributed by atoms with Crippen molar-refractivity contribution in [2.24, 2.45) is 0 Å². The van der Waals surface area contributed by atoms with Crippen molar-refractivity contribution in [2.45, 2.75) is 52.2 Å². The molecule has 3 nitrogen and oxygen atoms in total. The van der Waals surface area contributed by atoms with Crippen LogP contribution in [0.3, 0.4) is 0 Å². The number of hydrogen-bond donors (Lipinski definition) is 0. The first-order chi connectivity index (χ1) is 12.9. The number of piperazine rings is 1. The molecule has 1 fully saturated rings. The first-order valence-electron chi connectivity index (χ1n) is 9.76. The van der Waals surface area contributed by atoms with Gasteiger partial charge in [-0.1, -0.05) is 53.6 Å². The molecule has 0 saturated carbocycles. The second-order valence-corrected chi connectivity index (χ2v) is 8.22. The topological polar surface area (TPSA) is 23.6 Å². The monoisotopic (exact) mass is 384 g/mol. The molecule has 144 valence electrons. The first kappa shape index (κ1) is 19.9. The third-order valence-electron chi connectivity index (χ3n) is 5.48. The lowest BCUT2D eigenvalue weighted by Crippen LogP contribution is -2.57. The molecule has 0 spiro atoms. The Morgan fingerprint density at radius 2 is 1.59 bits per heavy atom. The fraction of sp³-hybridized carbons (Fsp3) is 0.435. The highest BCUT2D eigenvalue weighted by Crippen LogP contribution is 2.20. The van der Waals surface area contributed by atoms with Gasteiger partial charge in [-0.2, -0.15) is 0 Å². The number of benzene rings is 2. The highest BCUT2D eigenvalue weighted by molar-refractivity contribution is 6.30. The molecule has 2 aromatic rings. The second-order valence-electron chi connectivity index (χ2n) is 7.79. The molecule has 0 N–H and O–H groups in total. The van der Waals surface area contributed by atoms with Crippen molar-refractivity contribution in [3.63, 3.8) is 0 Å². The molecule has 4 heteroatoms. The van der Waals surface area contributed by atoms with Gasteiger partial charge in [0.25, 0.3) is 0 Å². The van der Waals surface area contributed by atoms with Crippen molar-refractivity contribution in [2.75, 3.05) is 13.1 Å². The molecule has 1 heterocycles. The minimum atomic E-state index is 0.240. The largest absolute Gasteiger partial charge is 0.337 e. The number of amides is 1. The van der Waals surface area contributed by atoms with Crippen LogP contribution in [0.1, 0.15) is 37.0 Å². The summed E-state index contributed by atoms with van der Waals surface area (Å²) < 4.78 is 0. The number of rotatable bonds is 5. The van der Waals surface area contributed by atoms with Gasteiger partial charge in [-0.15, -0.1) is 0 Å². The van der Waals surface area contributed by atoms with E-state index in [0.29, 0.717) is 12.5 Å². The van der Waals surface area contributed by atoms with Crippen molar-refractivity contribution in [1.29, 1.82) is 0 Å². The average molecular weight is 385 g/mol. The zero-order valence-corrected chi connectivity index (χ0v) is 17.2. The standard InChI is InChI=1S/C23H29ClN2O/c1-17-4-6-21(7-5-17)16-25-14-19(3)26(15-18(25)2)23(27)13-10-20-8-11-22(24)12-9-20/h4-9,11-12,18-19H,10,13-16H2,1-3H3. The summed E-state index contributed by atoms with van der Waals surface area (Å²) in [6, 6.07) is 17.1. The Balaban J connectivity index is 1.54. The Hall–Kier alpha value is -1.84. The minimum Gasteiger partial charge on any atom is -0.337 e. The van der Waals surface area contributed by atoms with E-state index in [4.69, 9.17) is 11.6 Å². The van der Waals surface area contributed by atoms with Crippen molar-refractivity contribution >= 4 is 17.5 Å². The van der Waals surface area contributed by atoms with Gasteiger partial charge in [0.1, 0.15) is 0 Å². The Labute approximate surface area is 167 Å². The van der Waals surface area contributed by atoms with Gasteiger partial charge >= 0.3 is 0 Å². The van der Waals surface area contributed by atoms with Crippen molar-refractivity contribution in [3.05, 3.63) is 70.2 Å². The fourth-order valence-electron chi connectivity index (χ4n) is 3.74. The molecule has 1 aliphatic rings. The van der Waals surface area contributed by atoms with Crippen LogP contribution in [0.25, 0.3) is 0 Å². The lowest BCUT2D eigenvalue weighted by molar-refractivity contribution is -0.137. The summed E-state index contributed by atoms with van der Waals surface area (Å²) in [7, 11) is 0. The smallest absolute Gasteiger partial charge is 0.223 e. The number of carbonyl (C=O) groups excluding carboxylic acids is 1. The molecule has 2 aromatic carbocycles. The zero-order chi connectivity index (χ0) is 19.4. The maximum Gasteiger partial charge on any atom is 0.223 e. The van der Waals surface area contributed by atoms with E-state index in [1.54, 1.807) is 0 Å². The quantitative estimate of drug-likeness (QED) is 0.745. The van der Waals surface area contributed by atoms with E-state index in [0.717, 1.165) is 36.6 Å². The van der Waals surface area contributed by atoms with E-state index in [9.17, 15) is 4.79 Å². The second kappa shape index (κ2) is 8.90. The molecule has 2 atom stereocenters. The van der Waals surface area contributed by atoms with Gasteiger partial charge in [-0.3, -0.25) is 9.69 Å². The van der Waals surface area contributed by atoms with Gasteiger partial charge in [0, 0.05) is 43.2 Å². The average Bonchev–Trinajstić information content (AvgIpc) is 2.65. The molecule has 2 unspecified atom stereocenters. The SMILES string of the molecule is Cc1ccc(CN2CC(C)N(C(=O)CCc3ccc(Cl)cc3)CC2C)cc1. The number of carbonyl (C=O) groups is 1. The van der Waals surface area contributed by atoms with Crippen LogP contribution in [-0.2, 0) is 17.8 Å². The van der Waals surface area contributed by atoms with Crippen LogP contribution in [0.15, 0.2) is 48.5 Å².